The lowest BCUT2D eigenvalue weighted by Gasteiger charge is -2.25. The molecule has 0 atom stereocenters. The van der Waals surface area contributed by atoms with Gasteiger partial charge < -0.3 is 9.32 Å². The van der Waals surface area contributed by atoms with E-state index in [0.717, 1.165) is 37.2 Å². The van der Waals surface area contributed by atoms with Gasteiger partial charge in [0.05, 0.1) is 10.6 Å². The SMILES string of the molecule is CS(=O)(=O)c1ccc(-c2ccc(C=O)o2)cc1N1CCCCCC1. The molecule has 5 nitrogen and oxygen atoms in total. The highest BCUT2D eigenvalue weighted by atomic mass is 32.2. The van der Waals surface area contributed by atoms with Gasteiger partial charge in [-0.2, -0.15) is 0 Å². The Labute approximate surface area is 142 Å². The molecule has 6 heteroatoms. The molecule has 0 N–H and O–H groups in total. The lowest BCUT2D eigenvalue weighted by Crippen LogP contribution is -2.25. The molecule has 0 radical (unpaired) electrons. The number of nitrogens with zero attached hydrogens (tertiary/aromatic N) is 1. The normalized spacial score (nSPS) is 16.0. The Hall–Kier alpha value is -2.08. The van der Waals surface area contributed by atoms with Gasteiger partial charge in [0.15, 0.2) is 21.9 Å². The second kappa shape index (κ2) is 6.81. The number of aldehydes is 1. The van der Waals surface area contributed by atoms with E-state index in [-0.39, 0.29) is 5.76 Å². The summed E-state index contributed by atoms with van der Waals surface area (Å²) in [5, 5.41) is 0. The minimum absolute atomic E-state index is 0.258. The van der Waals surface area contributed by atoms with Crippen molar-refractivity contribution in [3.05, 3.63) is 36.1 Å². The van der Waals surface area contributed by atoms with Crippen LogP contribution in [-0.2, 0) is 9.84 Å². The van der Waals surface area contributed by atoms with E-state index in [9.17, 15) is 13.2 Å². The molecule has 128 valence electrons. The summed E-state index contributed by atoms with van der Waals surface area (Å²) in [6.07, 6.45) is 6.36. The fraction of sp³-hybridized carbons (Fsp3) is 0.389. The van der Waals surface area contributed by atoms with Crippen molar-refractivity contribution in [2.45, 2.75) is 30.6 Å². The molecule has 1 aromatic carbocycles. The quantitative estimate of drug-likeness (QED) is 0.791. The van der Waals surface area contributed by atoms with E-state index >= 15 is 0 Å². The molecule has 3 rings (SSSR count). The topological polar surface area (TPSA) is 67.6 Å². The van der Waals surface area contributed by atoms with Crippen LogP contribution >= 0.6 is 0 Å². The molecule has 1 saturated heterocycles. The van der Waals surface area contributed by atoms with E-state index < -0.39 is 9.84 Å². The van der Waals surface area contributed by atoms with Gasteiger partial charge in [0.25, 0.3) is 0 Å². The monoisotopic (exact) mass is 347 g/mol. The number of furan rings is 1. The molecule has 0 amide bonds. The molecule has 2 aromatic rings. The van der Waals surface area contributed by atoms with Crippen molar-refractivity contribution in [1.82, 2.24) is 0 Å². The summed E-state index contributed by atoms with van der Waals surface area (Å²) in [5.74, 6) is 0.821. The second-order valence-corrected chi connectivity index (χ2v) is 8.16. The van der Waals surface area contributed by atoms with Gasteiger partial charge >= 0.3 is 0 Å². The zero-order valence-electron chi connectivity index (χ0n) is 13.7. The van der Waals surface area contributed by atoms with Gasteiger partial charge in [-0.3, -0.25) is 4.79 Å². The van der Waals surface area contributed by atoms with Gasteiger partial charge in [-0.25, -0.2) is 8.42 Å². The van der Waals surface area contributed by atoms with Gasteiger partial charge in [0.1, 0.15) is 5.76 Å². The van der Waals surface area contributed by atoms with Crippen LogP contribution in [0.1, 0.15) is 36.2 Å². The van der Waals surface area contributed by atoms with Crippen LogP contribution in [0, 0.1) is 0 Å². The first-order valence-electron chi connectivity index (χ1n) is 8.13. The Morgan fingerprint density at radius 2 is 1.75 bits per heavy atom. The van der Waals surface area contributed by atoms with E-state index in [1.54, 1.807) is 24.3 Å². The number of hydrogen-bond acceptors (Lipinski definition) is 5. The average Bonchev–Trinajstić information content (AvgIpc) is 2.88. The Morgan fingerprint density at radius 1 is 1.04 bits per heavy atom. The zero-order valence-corrected chi connectivity index (χ0v) is 14.5. The van der Waals surface area contributed by atoms with E-state index in [4.69, 9.17) is 4.42 Å². The third kappa shape index (κ3) is 3.53. The van der Waals surface area contributed by atoms with Crippen LogP contribution in [0.15, 0.2) is 39.6 Å². The van der Waals surface area contributed by atoms with Crippen molar-refractivity contribution in [2.24, 2.45) is 0 Å². The van der Waals surface area contributed by atoms with Gasteiger partial charge in [0, 0.05) is 24.9 Å². The highest BCUT2D eigenvalue weighted by Crippen LogP contribution is 2.33. The first-order valence-corrected chi connectivity index (χ1v) is 10.0. The number of rotatable bonds is 4. The van der Waals surface area contributed by atoms with Gasteiger partial charge in [-0.05, 0) is 43.2 Å². The fourth-order valence-electron chi connectivity index (χ4n) is 3.11. The Bertz CT molecular complexity index is 830. The molecular weight excluding hydrogens is 326 g/mol. The van der Waals surface area contributed by atoms with Crippen molar-refractivity contribution < 1.29 is 17.6 Å². The highest BCUT2D eigenvalue weighted by Gasteiger charge is 2.21. The van der Waals surface area contributed by atoms with Crippen LogP contribution in [0.4, 0.5) is 5.69 Å². The molecule has 0 saturated carbocycles. The Morgan fingerprint density at radius 3 is 2.33 bits per heavy atom. The molecule has 2 heterocycles. The van der Waals surface area contributed by atoms with Crippen molar-refractivity contribution in [3.63, 3.8) is 0 Å². The van der Waals surface area contributed by atoms with Gasteiger partial charge in [-0.1, -0.05) is 12.8 Å². The van der Waals surface area contributed by atoms with Crippen LogP contribution in [-0.4, -0.2) is 34.0 Å². The van der Waals surface area contributed by atoms with Crippen LogP contribution in [0.3, 0.4) is 0 Å². The summed E-state index contributed by atoms with van der Waals surface area (Å²) in [6.45, 7) is 1.70. The van der Waals surface area contributed by atoms with Crippen LogP contribution < -0.4 is 4.90 Å². The average molecular weight is 347 g/mol. The number of benzene rings is 1. The van der Waals surface area contributed by atoms with Gasteiger partial charge in [-0.15, -0.1) is 0 Å². The fourth-order valence-corrected chi connectivity index (χ4v) is 4.00. The largest absolute Gasteiger partial charge is 0.453 e. The second-order valence-electron chi connectivity index (χ2n) is 6.18. The number of sulfone groups is 1. The first-order chi connectivity index (χ1) is 11.5. The van der Waals surface area contributed by atoms with Gasteiger partial charge in [0.2, 0.25) is 0 Å². The van der Waals surface area contributed by atoms with E-state index in [1.807, 2.05) is 6.07 Å². The summed E-state index contributed by atoms with van der Waals surface area (Å²) in [7, 11) is -3.32. The lowest BCUT2D eigenvalue weighted by molar-refractivity contribution is 0.110. The molecule has 0 spiro atoms. The first kappa shape index (κ1) is 16.8. The van der Waals surface area contributed by atoms with E-state index in [2.05, 4.69) is 4.90 Å². The number of carbonyl (C=O) groups excluding carboxylic acids is 1. The minimum atomic E-state index is -3.32. The summed E-state index contributed by atoms with van der Waals surface area (Å²) in [6, 6.07) is 8.55. The van der Waals surface area contributed by atoms with Crippen LogP contribution in [0.25, 0.3) is 11.3 Å². The van der Waals surface area contributed by atoms with Crippen molar-refractivity contribution in [1.29, 1.82) is 0 Å². The molecule has 1 fully saturated rings. The third-order valence-electron chi connectivity index (χ3n) is 4.33. The smallest absolute Gasteiger partial charge is 0.185 e. The maximum atomic E-state index is 12.2. The Balaban J connectivity index is 2.07. The van der Waals surface area contributed by atoms with Crippen molar-refractivity contribution in [3.8, 4) is 11.3 Å². The molecule has 1 aliphatic rings. The predicted octanol–water partition coefficient (Wildman–Crippen LogP) is 3.54. The van der Waals surface area contributed by atoms with Crippen molar-refractivity contribution in [2.75, 3.05) is 24.2 Å². The number of hydrogen-bond donors (Lipinski definition) is 0. The summed E-state index contributed by atoms with van der Waals surface area (Å²) in [4.78, 5) is 13.3. The number of carbonyl (C=O) groups is 1. The summed E-state index contributed by atoms with van der Waals surface area (Å²) >= 11 is 0. The van der Waals surface area contributed by atoms with E-state index in [0.29, 0.717) is 16.9 Å². The summed E-state index contributed by atoms with van der Waals surface area (Å²) in [5.41, 5.74) is 1.50. The molecule has 1 aliphatic heterocycles. The maximum Gasteiger partial charge on any atom is 0.185 e. The van der Waals surface area contributed by atoms with Crippen molar-refractivity contribution >= 4 is 21.8 Å². The molecule has 24 heavy (non-hydrogen) atoms. The lowest BCUT2D eigenvalue weighted by atomic mass is 10.1. The molecular formula is C18H21NO4S. The standard InChI is InChI=1S/C18H21NO4S/c1-24(21,22)18-9-6-14(17-8-7-15(13-20)23-17)12-16(18)19-10-4-2-3-5-11-19/h6-9,12-13H,2-5,10-11H2,1H3. The Kier molecular flexibility index (Phi) is 4.76. The molecule has 0 unspecified atom stereocenters. The van der Waals surface area contributed by atoms with Crippen LogP contribution in [0.2, 0.25) is 0 Å². The zero-order chi connectivity index (χ0) is 17.2. The maximum absolute atomic E-state index is 12.2. The molecule has 0 bridgehead atoms. The minimum Gasteiger partial charge on any atom is -0.453 e. The third-order valence-corrected chi connectivity index (χ3v) is 5.48. The molecule has 1 aromatic heterocycles. The number of anilines is 1. The summed E-state index contributed by atoms with van der Waals surface area (Å²) < 4.78 is 29.8. The highest BCUT2D eigenvalue weighted by molar-refractivity contribution is 7.90. The van der Waals surface area contributed by atoms with E-state index in [1.165, 1.54) is 19.1 Å². The predicted molar refractivity (Wildman–Crippen MR) is 93.3 cm³/mol. The van der Waals surface area contributed by atoms with Crippen LogP contribution in [0.5, 0.6) is 0 Å². The molecule has 0 aliphatic carbocycles.